The molecule has 224 valence electrons. The van der Waals surface area contributed by atoms with Gasteiger partial charge >= 0.3 is 0 Å². The normalized spacial score (nSPS) is 25.4. The third kappa shape index (κ3) is 4.92. The second-order valence-corrected chi connectivity index (χ2v) is 13.1. The molecule has 1 N–H and O–H groups in total. The molecule has 8 rings (SSSR count). The minimum Gasteiger partial charge on any atom is -0.388 e. The zero-order chi connectivity index (χ0) is 29.9. The van der Waals surface area contributed by atoms with E-state index < -0.39 is 36.7 Å². The van der Waals surface area contributed by atoms with E-state index in [9.17, 15) is 5.11 Å². The summed E-state index contributed by atoms with van der Waals surface area (Å²) in [6, 6.07) is 14.9. The summed E-state index contributed by atoms with van der Waals surface area (Å²) in [5.74, 6) is 0.996. The first-order valence-corrected chi connectivity index (χ1v) is 16.0. The number of aryl methyl sites for hydroxylation is 2. The van der Waals surface area contributed by atoms with Crippen molar-refractivity contribution in [1.29, 1.82) is 0 Å². The van der Waals surface area contributed by atoms with Crippen LogP contribution in [0.25, 0.3) is 26.6 Å². The molecule has 0 radical (unpaired) electrons. The van der Waals surface area contributed by atoms with Gasteiger partial charge < -0.3 is 19.3 Å². The molecule has 0 aliphatic carbocycles. The second-order valence-electron chi connectivity index (χ2n) is 10.6. The maximum atomic E-state index is 12.1. The number of fused-ring (bicyclic) bond motifs is 2. The number of benzene rings is 2. The average molecular weight is 649 g/mol. The van der Waals surface area contributed by atoms with Crippen LogP contribution in [0, 0.1) is 13.8 Å². The maximum Gasteiger partial charge on any atom is 0.184 e. The number of halogens is 1. The van der Waals surface area contributed by atoms with Gasteiger partial charge in [-0.05, 0) is 32.0 Å². The van der Waals surface area contributed by atoms with E-state index in [1.165, 1.54) is 11.3 Å². The van der Waals surface area contributed by atoms with Gasteiger partial charge in [0.25, 0.3) is 0 Å². The zero-order valence-corrected chi connectivity index (χ0v) is 25.8. The van der Waals surface area contributed by atoms with Gasteiger partial charge in [-0.15, -0.1) is 27.8 Å². The van der Waals surface area contributed by atoms with Crippen molar-refractivity contribution >= 4 is 44.5 Å². The Hall–Kier alpha value is -3.63. The lowest BCUT2D eigenvalue weighted by molar-refractivity contribution is -0.319. The van der Waals surface area contributed by atoms with Gasteiger partial charge in [0.2, 0.25) is 0 Å². The second kappa shape index (κ2) is 11.1. The molecule has 2 aliphatic heterocycles. The van der Waals surface area contributed by atoms with Crippen molar-refractivity contribution in [2.75, 3.05) is 6.61 Å². The largest absolute Gasteiger partial charge is 0.388 e. The van der Waals surface area contributed by atoms with Crippen LogP contribution in [-0.2, 0) is 14.2 Å². The van der Waals surface area contributed by atoms with Crippen LogP contribution in [0.3, 0.4) is 0 Å². The fourth-order valence-electron chi connectivity index (χ4n) is 5.77. The van der Waals surface area contributed by atoms with Crippen LogP contribution in [0.4, 0.5) is 0 Å². The number of rotatable bonds is 5. The van der Waals surface area contributed by atoms with Crippen LogP contribution in [0.5, 0.6) is 0 Å². The van der Waals surface area contributed by atoms with Crippen LogP contribution in [0.1, 0.15) is 40.7 Å². The van der Waals surface area contributed by atoms with Crippen LogP contribution in [0.15, 0.2) is 60.1 Å². The summed E-state index contributed by atoms with van der Waals surface area (Å²) in [5, 5.41) is 29.3. The molecule has 2 saturated heterocycles. The Bertz CT molecular complexity index is 1960. The van der Waals surface area contributed by atoms with Crippen molar-refractivity contribution < 1.29 is 19.3 Å². The molecule has 0 saturated carbocycles. The lowest BCUT2D eigenvalue weighted by Gasteiger charge is -2.47. The summed E-state index contributed by atoms with van der Waals surface area (Å²) < 4.78 is 23.6. The lowest BCUT2D eigenvalue weighted by Crippen LogP contribution is -2.57. The average Bonchev–Trinajstić information content (AvgIpc) is 3.83. The number of hydrogen-bond acceptors (Lipinski definition) is 12. The van der Waals surface area contributed by atoms with Gasteiger partial charge in [0, 0.05) is 10.9 Å². The van der Waals surface area contributed by atoms with Crippen molar-refractivity contribution in [1.82, 2.24) is 39.7 Å². The molecule has 0 bridgehead atoms. The standard InChI is InChI=1S/C29H25ClN8O4S2/c1-14-31-27(38(35-14)17-8-9-18-21(10-17)44-15(2)32-18)26-24(39)23(37-11-19(34-36-37)28-33-22(30)13-43-28)25-20(41-26)12-40-29(42-25)16-6-4-3-5-7-16/h3-11,13,20,23-26,29,39H,12H2,1-2H3/t20?,23-,24?,25+,26-,29?/m1/s1. The van der Waals surface area contributed by atoms with Gasteiger partial charge in [0.05, 0.1) is 33.7 Å². The highest BCUT2D eigenvalue weighted by atomic mass is 35.5. The number of hydrogen-bond donors (Lipinski definition) is 1. The van der Waals surface area contributed by atoms with E-state index in [4.69, 9.17) is 30.8 Å². The van der Waals surface area contributed by atoms with Crippen LogP contribution in [-0.4, -0.2) is 69.8 Å². The SMILES string of the molecule is Cc1nc([C@@H]2OC3COC(c4ccccc4)O[C@@H]3[C@H](n3cc(-c4nc(Cl)cs4)nn3)C2O)n(-c2ccc3nc(C)sc3c2)n1. The Labute approximate surface area is 263 Å². The quantitative estimate of drug-likeness (QED) is 0.271. The van der Waals surface area contributed by atoms with E-state index in [0.29, 0.717) is 27.5 Å². The monoisotopic (exact) mass is 648 g/mol. The Balaban J connectivity index is 1.19. The molecular weight excluding hydrogens is 624 g/mol. The minimum absolute atomic E-state index is 0.229. The molecule has 3 unspecified atom stereocenters. The Morgan fingerprint density at radius 1 is 1.05 bits per heavy atom. The summed E-state index contributed by atoms with van der Waals surface area (Å²) in [6.45, 7) is 4.02. The number of nitrogens with zero attached hydrogens (tertiary/aromatic N) is 8. The summed E-state index contributed by atoms with van der Waals surface area (Å²) >= 11 is 9.05. The van der Waals surface area contributed by atoms with Gasteiger partial charge in [-0.1, -0.05) is 47.1 Å². The van der Waals surface area contributed by atoms with Crippen molar-refractivity contribution in [2.45, 2.75) is 50.6 Å². The Morgan fingerprint density at radius 3 is 2.73 bits per heavy atom. The van der Waals surface area contributed by atoms with Crippen molar-refractivity contribution in [3.63, 3.8) is 0 Å². The predicted octanol–water partition coefficient (Wildman–Crippen LogP) is 5.02. The molecule has 44 heavy (non-hydrogen) atoms. The van der Waals surface area contributed by atoms with Gasteiger partial charge in [0.15, 0.2) is 12.1 Å². The zero-order valence-electron chi connectivity index (χ0n) is 23.4. The number of aliphatic hydroxyl groups excluding tert-OH is 1. The molecule has 4 aromatic heterocycles. The smallest absolute Gasteiger partial charge is 0.184 e. The van der Waals surface area contributed by atoms with Gasteiger partial charge in [0.1, 0.15) is 52.1 Å². The predicted molar refractivity (Wildman–Crippen MR) is 163 cm³/mol. The molecule has 0 amide bonds. The van der Waals surface area contributed by atoms with Crippen molar-refractivity contribution in [3.8, 4) is 16.4 Å². The molecule has 6 heterocycles. The minimum atomic E-state index is -1.14. The number of aliphatic hydroxyl groups is 1. The lowest BCUT2D eigenvalue weighted by atomic mass is 9.91. The first-order chi connectivity index (χ1) is 21.4. The molecular formula is C29H25ClN8O4S2. The fraction of sp³-hybridized carbons (Fsp3) is 0.310. The summed E-state index contributed by atoms with van der Waals surface area (Å²) in [5.41, 5.74) is 3.10. The maximum absolute atomic E-state index is 12.1. The molecule has 6 atom stereocenters. The molecule has 2 aromatic carbocycles. The van der Waals surface area contributed by atoms with Crippen LogP contribution < -0.4 is 0 Å². The Morgan fingerprint density at radius 2 is 1.91 bits per heavy atom. The first kappa shape index (κ1) is 27.9. The van der Waals surface area contributed by atoms with E-state index in [0.717, 1.165) is 26.5 Å². The molecule has 2 aliphatic rings. The third-order valence-corrected chi connectivity index (χ3v) is 9.80. The summed E-state index contributed by atoms with van der Waals surface area (Å²) in [6.07, 6.45) is -2.10. The van der Waals surface area contributed by atoms with Crippen molar-refractivity contribution in [3.05, 3.63) is 87.5 Å². The fourth-order valence-corrected chi connectivity index (χ4v) is 7.53. The van der Waals surface area contributed by atoms with Crippen molar-refractivity contribution in [2.24, 2.45) is 0 Å². The van der Waals surface area contributed by atoms with Gasteiger partial charge in [-0.3, -0.25) is 0 Å². The van der Waals surface area contributed by atoms with E-state index >= 15 is 0 Å². The van der Waals surface area contributed by atoms with E-state index in [1.807, 2.05) is 62.4 Å². The highest BCUT2D eigenvalue weighted by Gasteiger charge is 2.52. The Kier molecular flexibility index (Phi) is 7.01. The molecule has 2 fully saturated rings. The highest BCUT2D eigenvalue weighted by molar-refractivity contribution is 7.18. The van der Waals surface area contributed by atoms with E-state index in [-0.39, 0.29) is 6.61 Å². The molecule has 15 heteroatoms. The molecule has 6 aromatic rings. The number of ether oxygens (including phenoxy) is 3. The molecule has 12 nitrogen and oxygen atoms in total. The van der Waals surface area contributed by atoms with Gasteiger partial charge in [-0.25, -0.2) is 24.3 Å². The van der Waals surface area contributed by atoms with Crippen LogP contribution in [0.2, 0.25) is 5.15 Å². The first-order valence-electron chi connectivity index (χ1n) is 13.9. The van der Waals surface area contributed by atoms with E-state index in [1.54, 1.807) is 32.3 Å². The van der Waals surface area contributed by atoms with E-state index in [2.05, 4.69) is 25.4 Å². The number of thiazole rings is 2. The topological polar surface area (TPSA) is 135 Å². The third-order valence-electron chi connectivity index (χ3n) is 7.68. The summed E-state index contributed by atoms with van der Waals surface area (Å²) in [7, 11) is 0. The molecule has 0 spiro atoms. The highest BCUT2D eigenvalue weighted by Crippen LogP contribution is 2.44. The van der Waals surface area contributed by atoms with Gasteiger partial charge in [-0.2, -0.15) is 5.10 Å². The van der Waals surface area contributed by atoms with Crippen LogP contribution >= 0.6 is 34.3 Å². The number of aromatic nitrogens is 8. The summed E-state index contributed by atoms with van der Waals surface area (Å²) in [4.78, 5) is 13.6.